The van der Waals surface area contributed by atoms with E-state index in [9.17, 15) is 4.79 Å². The molecule has 1 saturated heterocycles. The summed E-state index contributed by atoms with van der Waals surface area (Å²) < 4.78 is 4.04. The second-order valence-electron chi connectivity index (χ2n) is 9.59. The minimum absolute atomic E-state index is 0.281. The minimum atomic E-state index is -0.513. The van der Waals surface area contributed by atoms with Gasteiger partial charge in [-0.2, -0.15) is 5.10 Å². The summed E-state index contributed by atoms with van der Waals surface area (Å²) in [7, 11) is 0. The molecule has 2 atom stereocenters. The van der Waals surface area contributed by atoms with Crippen LogP contribution in [0.3, 0.4) is 0 Å². The molecular formula is C28H29N5O. The van der Waals surface area contributed by atoms with Crippen LogP contribution >= 0.6 is 0 Å². The zero-order valence-corrected chi connectivity index (χ0v) is 19.4. The molecule has 1 fully saturated rings. The van der Waals surface area contributed by atoms with Crippen LogP contribution in [0.25, 0.3) is 22.2 Å². The van der Waals surface area contributed by atoms with Crippen LogP contribution in [0.15, 0.2) is 66.9 Å². The first-order valence-electron chi connectivity index (χ1n) is 12.0. The number of hydrogen-bond acceptors (Lipinski definition) is 3. The van der Waals surface area contributed by atoms with Gasteiger partial charge in [0, 0.05) is 42.4 Å². The molecule has 2 aliphatic heterocycles. The summed E-state index contributed by atoms with van der Waals surface area (Å²) in [6, 6.07) is 19.2. The Morgan fingerprint density at radius 3 is 2.76 bits per heavy atom. The van der Waals surface area contributed by atoms with E-state index in [0.29, 0.717) is 5.92 Å². The van der Waals surface area contributed by atoms with Crippen molar-refractivity contribution >= 4 is 22.4 Å². The average molecular weight is 452 g/mol. The van der Waals surface area contributed by atoms with Gasteiger partial charge in [0.25, 0.3) is 5.91 Å². The monoisotopic (exact) mass is 451 g/mol. The molecule has 172 valence electrons. The van der Waals surface area contributed by atoms with Crippen molar-refractivity contribution in [2.75, 3.05) is 19.6 Å². The molecule has 2 N–H and O–H groups in total. The molecule has 4 aromatic rings. The lowest BCUT2D eigenvalue weighted by Gasteiger charge is -2.37. The van der Waals surface area contributed by atoms with E-state index >= 15 is 0 Å². The predicted octanol–water partition coefficient (Wildman–Crippen LogP) is 4.39. The fraction of sp³-hybridized carbons (Fsp3) is 0.286. The van der Waals surface area contributed by atoms with E-state index in [1.54, 1.807) is 10.7 Å². The topological polar surface area (TPSA) is 69.1 Å². The van der Waals surface area contributed by atoms with Gasteiger partial charge in [0.1, 0.15) is 0 Å². The van der Waals surface area contributed by atoms with Gasteiger partial charge in [-0.15, -0.1) is 0 Å². The van der Waals surface area contributed by atoms with Crippen LogP contribution < -0.4 is 5.73 Å². The standard InChI is InChI=1S/C28H29N5O/c1-19-15-26(28(29)34)30-33(19)24-8-9-27-22(16-24)10-14-32(27)17-20-4-6-21(7-5-20)25-11-13-31-12-2-3-23(25)18-31/h4-11,14-16,23H,2-3,12-13,17-18H2,1H3,(H2,29,34). The number of piperidine rings is 1. The molecule has 6 nitrogen and oxygen atoms in total. The second-order valence-corrected chi connectivity index (χ2v) is 9.59. The van der Waals surface area contributed by atoms with Crippen molar-refractivity contribution in [1.29, 1.82) is 0 Å². The second kappa shape index (κ2) is 8.29. The molecule has 2 aromatic heterocycles. The Hall–Kier alpha value is -3.64. The van der Waals surface area contributed by atoms with Gasteiger partial charge in [-0.3, -0.25) is 9.69 Å². The number of benzene rings is 2. The summed E-state index contributed by atoms with van der Waals surface area (Å²) in [6.07, 6.45) is 7.19. The lowest BCUT2D eigenvalue weighted by Crippen LogP contribution is -2.39. The molecule has 6 heteroatoms. The fourth-order valence-electron chi connectivity index (χ4n) is 5.54. The molecule has 2 aliphatic rings. The summed E-state index contributed by atoms with van der Waals surface area (Å²) in [4.78, 5) is 14.1. The van der Waals surface area contributed by atoms with Gasteiger partial charge in [0.05, 0.1) is 5.69 Å². The maximum Gasteiger partial charge on any atom is 0.269 e. The number of carbonyl (C=O) groups excluding carboxylic acids is 1. The summed E-state index contributed by atoms with van der Waals surface area (Å²) in [5.41, 5.74) is 12.8. The number of aryl methyl sites for hydroxylation is 1. The maximum absolute atomic E-state index is 11.5. The molecule has 0 spiro atoms. The Bertz CT molecular complexity index is 1410. The number of hydrogen-bond donors (Lipinski definition) is 1. The largest absolute Gasteiger partial charge is 0.364 e. The Labute approximate surface area is 199 Å². The Balaban J connectivity index is 1.23. The molecule has 0 saturated carbocycles. The SMILES string of the molecule is Cc1cc(C(N)=O)nn1-c1ccc2c(ccn2Cc2ccc(C3=CCN4CCCC3C4)cc2)c1. The van der Waals surface area contributed by atoms with Gasteiger partial charge >= 0.3 is 0 Å². The first kappa shape index (κ1) is 20.9. The molecule has 6 rings (SSSR count). The van der Waals surface area contributed by atoms with Crippen LogP contribution in [0.2, 0.25) is 0 Å². The lowest BCUT2D eigenvalue weighted by atomic mass is 9.83. The molecule has 2 bridgehead atoms. The van der Waals surface area contributed by atoms with Crippen molar-refractivity contribution in [2.45, 2.75) is 26.3 Å². The molecule has 0 aliphatic carbocycles. The van der Waals surface area contributed by atoms with Crippen molar-refractivity contribution in [3.63, 3.8) is 0 Å². The third-order valence-corrected chi connectivity index (χ3v) is 7.29. The number of primary amides is 1. The van der Waals surface area contributed by atoms with E-state index in [2.05, 4.69) is 69.3 Å². The van der Waals surface area contributed by atoms with Crippen LogP contribution in [0.5, 0.6) is 0 Å². The molecule has 2 unspecified atom stereocenters. The number of rotatable bonds is 5. The number of nitrogens with zero attached hydrogens (tertiary/aromatic N) is 4. The van der Waals surface area contributed by atoms with Gasteiger partial charge < -0.3 is 10.3 Å². The number of amides is 1. The maximum atomic E-state index is 11.5. The van der Waals surface area contributed by atoms with Crippen molar-refractivity contribution < 1.29 is 4.79 Å². The zero-order valence-electron chi connectivity index (χ0n) is 19.4. The normalized spacial score (nSPS) is 19.9. The zero-order chi connectivity index (χ0) is 23.2. The third kappa shape index (κ3) is 3.74. The Morgan fingerprint density at radius 2 is 1.97 bits per heavy atom. The average Bonchev–Trinajstić information content (AvgIpc) is 3.43. The van der Waals surface area contributed by atoms with E-state index in [4.69, 9.17) is 5.73 Å². The van der Waals surface area contributed by atoms with Crippen molar-refractivity contribution in [2.24, 2.45) is 11.7 Å². The fourth-order valence-corrected chi connectivity index (χ4v) is 5.54. The molecule has 34 heavy (non-hydrogen) atoms. The molecule has 4 heterocycles. The van der Waals surface area contributed by atoms with Crippen molar-refractivity contribution in [3.05, 3.63) is 89.4 Å². The quantitative estimate of drug-likeness (QED) is 0.489. The predicted molar refractivity (Wildman–Crippen MR) is 135 cm³/mol. The number of carbonyl (C=O) groups is 1. The van der Waals surface area contributed by atoms with Gasteiger partial charge in [0.2, 0.25) is 0 Å². The first-order chi connectivity index (χ1) is 16.5. The highest BCUT2D eigenvalue weighted by molar-refractivity contribution is 5.91. The van der Waals surface area contributed by atoms with Crippen molar-refractivity contribution in [1.82, 2.24) is 19.2 Å². The van der Waals surface area contributed by atoms with Crippen molar-refractivity contribution in [3.8, 4) is 5.69 Å². The van der Waals surface area contributed by atoms with Crippen LogP contribution in [0.4, 0.5) is 0 Å². The lowest BCUT2D eigenvalue weighted by molar-refractivity contribution is 0.0995. The molecule has 1 amide bonds. The van der Waals surface area contributed by atoms with Crippen LogP contribution in [-0.4, -0.2) is 44.8 Å². The third-order valence-electron chi connectivity index (χ3n) is 7.29. The highest BCUT2D eigenvalue weighted by Gasteiger charge is 2.26. The van der Waals surface area contributed by atoms with E-state index < -0.39 is 5.91 Å². The number of fused-ring (bicyclic) bond motifs is 3. The van der Waals surface area contributed by atoms with Gasteiger partial charge in [-0.1, -0.05) is 30.3 Å². The van der Waals surface area contributed by atoms with E-state index in [0.717, 1.165) is 29.9 Å². The highest BCUT2D eigenvalue weighted by atomic mass is 16.1. The Kier molecular flexibility index (Phi) is 5.11. The van der Waals surface area contributed by atoms with Crippen LogP contribution in [-0.2, 0) is 6.54 Å². The van der Waals surface area contributed by atoms with E-state index in [1.807, 2.05) is 13.0 Å². The van der Waals surface area contributed by atoms with Gasteiger partial charge in [0.15, 0.2) is 5.69 Å². The van der Waals surface area contributed by atoms with E-state index in [-0.39, 0.29) is 5.69 Å². The summed E-state index contributed by atoms with van der Waals surface area (Å²) in [6.45, 7) is 6.30. The van der Waals surface area contributed by atoms with Gasteiger partial charge in [-0.25, -0.2) is 4.68 Å². The summed E-state index contributed by atoms with van der Waals surface area (Å²) >= 11 is 0. The summed E-state index contributed by atoms with van der Waals surface area (Å²) in [5.74, 6) is 0.175. The number of aromatic nitrogens is 3. The highest BCUT2D eigenvalue weighted by Crippen LogP contribution is 2.34. The van der Waals surface area contributed by atoms with Crippen LogP contribution in [0.1, 0.15) is 40.2 Å². The first-order valence-corrected chi connectivity index (χ1v) is 12.0. The minimum Gasteiger partial charge on any atom is -0.364 e. The molecule has 2 aromatic carbocycles. The molecule has 0 radical (unpaired) electrons. The van der Waals surface area contributed by atoms with Crippen LogP contribution in [0, 0.1) is 12.8 Å². The van der Waals surface area contributed by atoms with Gasteiger partial charge in [-0.05, 0) is 79.3 Å². The summed E-state index contributed by atoms with van der Waals surface area (Å²) in [5, 5.41) is 5.49. The Morgan fingerprint density at radius 1 is 1.12 bits per heavy atom. The van der Waals surface area contributed by atoms with E-state index in [1.165, 1.54) is 48.1 Å². The smallest absolute Gasteiger partial charge is 0.269 e. The molecular weight excluding hydrogens is 422 g/mol. The number of nitrogens with two attached hydrogens (primary N) is 1.